The van der Waals surface area contributed by atoms with E-state index in [1.807, 2.05) is 12.1 Å². The Kier molecular flexibility index (Phi) is 5.46. The number of rotatable bonds is 1. The van der Waals surface area contributed by atoms with Crippen LogP contribution in [0.15, 0.2) is 48.8 Å². The standard InChI is InChI=1S/C6H4Cl2.C6H5NO2/c7-5-3-1-2-4-6(5)8;8-6(9)5-1-3-7-4-2-5/h1-4H;1-4H,(H,8,9). The highest BCUT2D eigenvalue weighted by Gasteiger charge is 1.97. The van der Waals surface area contributed by atoms with Gasteiger partial charge in [0.05, 0.1) is 15.6 Å². The smallest absolute Gasteiger partial charge is 0.335 e. The maximum absolute atomic E-state index is 10.2. The van der Waals surface area contributed by atoms with Gasteiger partial charge in [-0.15, -0.1) is 0 Å². The number of benzene rings is 1. The zero-order chi connectivity index (χ0) is 12.7. The summed E-state index contributed by atoms with van der Waals surface area (Å²) in [7, 11) is 0. The molecule has 0 unspecified atom stereocenters. The van der Waals surface area contributed by atoms with E-state index >= 15 is 0 Å². The molecule has 1 heterocycles. The highest BCUT2D eigenvalue weighted by molar-refractivity contribution is 6.41. The van der Waals surface area contributed by atoms with Crippen LogP contribution in [0.25, 0.3) is 0 Å². The van der Waals surface area contributed by atoms with Crippen LogP contribution in [0.4, 0.5) is 0 Å². The highest BCUT2D eigenvalue weighted by atomic mass is 35.5. The van der Waals surface area contributed by atoms with Crippen molar-refractivity contribution >= 4 is 29.2 Å². The van der Waals surface area contributed by atoms with Crippen LogP contribution in [0.5, 0.6) is 0 Å². The molecule has 1 aromatic carbocycles. The molecule has 0 saturated carbocycles. The van der Waals surface area contributed by atoms with Gasteiger partial charge < -0.3 is 5.11 Å². The van der Waals surface area contributed by atoms with Gasteiger partial charge in [0.15, 0.2) is 0 Å². The van der Waals surface area contributed by atoms with Gasteiger partial charge >= 0.3 is 5.97 Å². The zero-order valence-corrected chi connectivity index (χ0v) is 10.2. The number of hydrogen-bond donors (Lipinski definition) is 1. The number of hydrogen-bond acceptors (Lipinski definition) is 2. The van der Waals surface area contributed by atoms with Crippen molar-refractivity contribution in [2.75, 3.05) is 0 Å². The Morgan fingerprint density at radius 1 is 1.00 bits per heavy atom. The minimum Gasteiger partial charge on any atom is -0.478 e. The Bertz CT molecular complexity index is 468. The van der Waals surface area contributed by atoms with Crippen molar-refractivity contribution in [2.45, 2.75) is 0 Å². The van der Waals surface area contributed by atoms with Crippen molar-refractivity contribution in [2.24, 2.45) is 0 Å². The van der Waals surface area contributed by atoms with E-state index < -0.39 is 5.97 Å². The number of carboxylic acids is 1. The Hall–Kier alpha value is -1.58. The summed E-state index contributed by atoms with van der Waals surface area (Å²) in [5.74, 6) is -0.919. The Balaban J connectivity index is 0.000000171. The average Bonchev–Trinajstić information content (AvgIpc) is 2.35. The summed E-state index contributed by atoms with van der Waals surface area (Å²) in [5.41, 5.74) is 0.269. The number of nitrogens with zero attached hydrogens (tertiary/aromatic N) is 1. The molecule has 0 radical (unpaired) electrons. The monoisotopic (exact) mass is 269 g/mol. The number of carboxylic acid groups (broad SMARTS) is 1. The van der Waals surface area contributed by atoms with Crippen molar-refractivity contribution in [1.82, 2.24) is 4.98 Å². The molecule has 3 nitrogen and oxygen atoms in total. The fourth-order valence-electron chi connectivity index (χ4n) is 0.934. The van der Waals surface area contributed by atoms with E-state index in [9.17, 15) is 4.79 Å². The van der Waals surface area contributed by atoms with Gasteiger partial charge in [0.2, 0.25) is 0 Å². The SMILES string of the molecule is Clc1ccccc1Cl.O=C(O)c1ccncc1. The number of pyridine rings is 1. The van der Waals surface area contributed by atoms with Crippen LogP contribution in [0, 0.1) is 0 Å². The van der Waals surface area contributed by atoms with Crippen molar-refractivity contribution in [3.05, 3.63) is 64.4 Å². The van der Waals surface area contributed by atoms with E-state index in [0.29, 0.717) is 10.0 Å². The lowest BCUT2D eigenvalue weighted by molar-refractivity contribution is 0.0697. The van der Waals surface area contributed by atoms with Crippen LogP contribution in [0.1, 0.15) is 10.4 Å². The second-order valence-corrected chi connectivity index (χ2v) is 3.77. The van der Waals surface area contributed by atoms with Crippen LogP contribution in [-0.4, -0.2) is 16.1 Å². The largest absolute Gasteiger partial charge is 0.478 e. The summed E-state index contributed by atoms with van der Waals surface area (Å²) in [6.45, 7) is 0. The molecule has 1 aromatic heterocycles. The molecule has 0 aliphatic heterocycles. The minimum atomic E-state index is -0.919. The van der Waals surface area contributed by atoms with Crippen LogP contribution in [0.2, 0.25) is 10.0 Å². The van der Waals surface area contributed by atoms with E-state index in [1.54, 1.807) is 12.1 Å². The Labute approximate surface area is 109 Å². The van der Waals surface area contributed by atoms with Crippen LogP contribution < -0.4 is 0 Å². The number of halogens is 2. The van der Waals surface area contributed by atoms with Crippen LogP contribution in [0.3, 0.4) is 0 Å². The van der Waals surface area contributed by atoms with Crippen molar-refractivity contribution in [1.29, 1.82) is 0 Å². The van der Waals surface area contributed by atoms with Gasteiger partial charge in [-0.2, -0.15) is 0 Å². The topological polar surface area (TPSA) is 50.2 Å². The molecule has 17 heavy (non-hydrogen) atoms. The first kappa shape index (κ1) is 13.5. The van der Waals surface area contributed by atoms with Gasteiger partial charge in [0, 0.05) is 12.4 Å². The van der Waals surface area contributed by atoms with Gasteiger partial charge in [0.25, 0.3) is 0 Å². The highest BCUT2D eigenvalue weighted by Crippen LogP contribution is 2.19. The predicted molar refractivity (Wildman–Crippen MR) is 67.7 cm³/mol. The number of aromatic carboxylic acids is 1. The van der Waals surface area contributed by atoms with Gasteiger partial charge in [-0.05, 0) is 24.3 Å². The van der Waals surface area contributed by atoms with Crippen molar-refractivity contribution in [3.8, 4) is 0 Å². The molecule has 5 heteroatoms. The quantitative estimate of drug-likeness (QED) is 0.858. The van der Waals surface area contributed by atoms with Gasteiger partial charge in [-0.3, -0.25) is 4.98 Å². The third-order valence-corrected chi connectivity index (χ3v) is 2.51. The first-order valence-electron chi connectivity index (χ1n) is 4.64. The third kappa shape index (κ3) is 4.85. The maximum atomic E-state index is 10.2. The molecule has 88 valence electrons. The number of carbonyl (C=O) groups is 1. The lowest BCUT2D eigenvalue weighted by Gasteiger charge is -1.88. The van der Waals surface area contributed by atoms with Crippen LogP contribution in [-0.2, 0) is 0 Å². The number of aromatic nitrogens is 1. The summed E-state index contributed by atoms with van der Waals surface area (Å²) >= 11 is 11.2. The molecular formula is C12H9Cl2NO2. The molecule has 2 rings (SSSR count). The van der Waals surface area contributed by atoms with E-state index in [0.717, 1.165) is 0 Å². The van der Waals surface area contributed by atoms with E-state index in [-0.39, 0.29) is 5.56 Å². The molecule has 0 aliphatic rings. The van der Waals surface area contributed by atoms with E-state index in [1.165, 1.54) is 24.5 Å². The third-order valence-electron chi connectivity index (χ3n) is 1.75. The average molecular weight is 270 g/mol. The van der Waals surface area contributed by atoms with Gasteiger partial charge in [0.1, 0.15) is 0 Å². The van der Waals surface area contributed by atoms with Crippen molar-refractivity contribution < 1.29 is 9.90 Å². The summed E-state index contributed by atoms with van der Waals surface area (Å²) in [6.07, 6.45) is 2.90. The van der Waals surface area contributed by atoms with E-state index in [4.69, 9.17) is 28.3 Å². The van der Waals surface area contributed by atoms with E-state index in [2.05, 4.69) is 4.98 Å². The first-order valence-corrected chi connectivity index (χ1v) is 5.40. The first-order chi connectivity index (χ1) is 8.11. The van der Waals surface area contributed by atoms with Crippen molar-refractivity contribution in [3.63, 3.8) is 0 Å². The lowest BCUT2D eigenvalue weighted by Crippen LogP contribution is -1.94. The molecule has 0 amide bonds. The molecule has 1 N–H and O–H groups in total. The summed E-state index contributed by atoms with van der Waals surface area (Å²) in [4.78, 5) is 13.8. The summed E-state index contributed by atoms with van der Waals surface area (Å²) < 4.78 is 0. The molecule has 0 atom stereocenters. The second-order valence-electron chi connectivity index (χ2n) is 2.96. The molecule has 0 aliphatic carbocycles. The maximum Gasteiger partial charge on any atom is 0.335 e. The predicted octanol–water partition coefficient (Wildman–Crippen LogP) is 3.77. The fraction of sp³-hybridized carbons (Fsp3) is 0. The molecular weight excluding hydrogens is 261 g/mol. The second kappa shape index (κ2) is 6.89. The normalized spacial score (nSPS) is 9.06. The lowest BCUT2D eigenvalue weighted by atomic mass is 10.3. The Morgan fingerprint density at radius 2 is 1.47 bits per heavy atom. The molecule has 0 bridgehead atoms. The fourth-order valence-corrected chi connectivity index (χ4v) is 1.21. The van der Waals surface area contributed by atoms with Crippen LogP contribution >= 0.6 is 23.2 Å². The molecule has 2 aromatic rings. The Morgan fingerprint density at radius 3 is 1.76 bits per heavy atom. The van der Waals surface area contributed by atoms with Gasteiger partial charge in [-0.25, -0.2) is 4.79 Å². The summed E-state index contributed by atoms with van der Waals surface area (Å²) in [5, 5.41) is 9.57. The molecule has 0 fully saturated rings. The molecule has 0 saturated heterocycles. The summed E-state index contributed by atoms with van der Waals surface area (Å²) in [6, 6.07) is 10.1. The zero-order valence-electron chi connectivity index (χ0n) is 8.68. The van der Waals surface area contributed by atoms with Gasteiger partial charge in [-0.1, -0.05) is 35.3 Å². The minimum absolute atomic E-state index is 0.269. The molecule has 0 spiro atoms.